The lowest BCUT2D eigenvalue weighted by atomic mass is 9.73. The lowest BCUT2D eigenvalue weighted by molar-refractivity contribution is 0.163. The van der Waals surface area contributed by atoms with Crippen LogP contribution < -0.4 is 5.32 Å². The largest absolute Gasteiger partial charge is 0.313 e. The van der Waals surface area contributed by atoms with Crippen molar-refractivity contribution in [2.75, 3.05) is 6.54 Å². The van der Waals surface area contributed by atoms with Crippen LogP contribution in [0.3, 0.4) is 0 Å². The van der Waals surface area contributed by atoms with Gasteiger partial charge in [0.15, 0.2) is 0 Å². The molecule has 0 aromatic heterocycles. The highest BCUT2D eigenvalue weighted by molar-refractivity contribution is 4.94. The minimum atomic E-state index is 0.683. The van der Waals surface area contributed by atoms with Gasteiger partial charge in [-0.25, -0.2) is 0 Å². The minimum Gasteiger partial charge on any atom is -0.313 e. The van der Waals surface area contributed by atoms with Gasteiger partial charge in [-0.2, -0.15) is 0 Å². The predicted molar refractivity (Wildman–Crippen MR) is 56.7 cm³/mol. The Morgan fingerprint density at radius 3 is 2.38 bits per heavy atom. The van der Waals surface area contributed by atoms with E-state index in [-0.39, 0.29) is 0 Å². The fourth-order valence-electron chi connectivity index (χ4n) is 2.15. The van der Waals surface area contributed by atoms with Gasteiger partial charge in [0, 0.05) is 12.6 Å². The molecule has 0 radical (unpaired) electrons. The second-order valence-corrected chi connectivity index (χ2v) is 5.86. The zero-order chi connectivity index (χ0) is 9.47. The summed E-state index contributed by atoms with van der Waals surface area (Å²) in [5.41, 5.74) is 0.683. The maximum atomic E-state index is 3.71. The van der Waals surface area contributed by atoms with Crippen molar-refractivity contribution in [2.45, 2.75) is 52.5 Å². The van der Waals surface area contributed by atoms with Crippen molar-refractivity contribution in [3.8, 4) is 0 Å². The van der Waals surface area contributed by atoms with E-state index in [1.54, 1.807) is 0 Å². The van der Waals surface area contributed by atoms with Crippen LogP contribution in [0.2, 0.25) is 0 Å². The molecule has 0 amide bonds. The summed E-state index contributed by atoms with van der Waals surface area (Å²) >= 11 is 0. The average molecular weight is 181 g/mol. The van der Waals surface area contributed by atoms with E-state index in [4.69, 9.17) is 0 Å². The number of hydrogen-bond acceptors (Lipinski definition) is 1. The fourth-order valence-corrected chi connectivity index (χ4v) is 2.15. The van der Waals surface area contributed by atoms with Crippen LogP contribution >= 0.6 is 0 Å². The second-order valence-electron chi connectivity index (χ2n) is 5.86. The molecule has 0 aromatic carbocycles. The highest BCUT2D eigenvalue weighted by Crippen LogP contribution is 2.44. The van der Waals surface area contributed by atoms with Gasteiger partial charge in [0.05, 0.1) is 0 Å². The fraction of sp³-hybridized carbons (Fsp3) is 1.00. The Morgan fingerprint density at radius 2 is 1.92 bits per heavy atom. The van der Waals surface area contributed by atoms with Crippen LogP contribution in [-0.4, -0.2) is 12.6 Å². The monoisotopic (exact) mass is 181 g/mol. The Morgan fingerprint density at radius 1 is 1.31 bits per heavy atom. The van der Waals surface area contributed by atoms with Crippen LogP contribution in [0.15, 0.2) is 0 Å². The van der Waals surface area contributed by atoms with Gasteiger partial charge in [-0.05, 0) is 42.9 Å². The Balaban J connectivity index is 1.59. The molecule has 13 heavy (non-hydrogen) atoms. The van der Waals surface area contributed by atoms with Gasteiger partial charge >= 0.3 is 0 Å². The second kappa shape index (κ2) is 3.27. The third kappa shape index (κ3) is 2.25. The highest BCUT2D eigenvalue weighted by Gasteiger charge is 2.39. The molecule has 2 aliphatic rings. The quantitative estimate of drug-likeness (QED) is 0.703. The topological polar surface area (TPSA) is 12.0 Å². The van der Waals surface area contributed by atoms with Crippen molar-refractivity contribution in [2.24, 2.45) is 17.3 Å². The molecular formula is C12H23N. The lowest BCUT2D eigenvalue weighted by Gasteiger charge is -2.39. The summed E-state index contributed by atoms with van der Waals surface area (Å²) < 4.78 is 0. The van der Waals surface area contributed by atoms with Crippen molar-refractivity contribution in [1.82, 2.24) is 5.32 Å². The number of rotatable bonds is 4. The molecule has 76 valence electrons. The van der Waals surface area contributed by atoms with E-state index in [0.717, 1.165) is 17.9 Å². The molecule has 0 bridgehead atoms. The van der Waals surface area contributed by atoms with Crippen molar-refractivity contribution >= 4 is 0 Å². The van der Waals surface area contributed by atoms with Crippen LogP contribution in [0.1, 0.15) is 46.5 Å². The van der Waals surface area contributed by atoms with Gasteiger partial charge in [0.2, 0.25) is 0 Å². The van der Waals surface area contributed by atoms with Gasteiger partial charge < -0.3 is 5.32 Å². The molecule has 0 aromatic rings. The van der Waals surface area contributed by atoms with Gasteiger partial charge in [-0.1, -0.05) is 20.8 Å². The molecule has 2 fully saturated rings. The Labute approximate surface area is 82.3 Å². The Hall–Kier alpha value is -0.0400. The van der Waals surface area contributed by atoms with E-state index in [1.165, 1.54) is 32.2 Å². The van der Waals surface area contributed by atoms with Crippen LogP contribution in [0.25, 0.3) is 0 Å². The molecular weight excluding hydrogens is 158 g/mol. The number of nitrogens with one attached hydrogen (secondary N) is 1. The van der Waals surface area contributed by atoms with Gasteiger partial charge in [-0.15, -0.1) is 0 Å². The first-order chi connectivity index (χ1) is 6.09. The maximum Gasteiger partial charge on any atom is 0.00727 e. The predicted octanol–water partition coefficient (Wildman–Crippen LogP) is 2.81. The van der Waals surface area contributed by atoms with E-state index in [0.29, 0.717) is 5.41 Å². The van der Waals surface area contributed by atoms with Gasteiger partial charge in [0.1, 0.15) is 0 Å². The van der Waals surface area contributed by atoms with Crippen molar-refractivity contribution in [3.05, 3.63) is 0 Å². The molecule has 0 atom stereocenters. The summed E-state index contributed by atoms with van der Waals surface area (Å²) in [4.78, 5) is 0. The average Bonchev–Trinajstić information content (AvgIpc) is 2.64. The molecule has 0 aliphatic heterocycles. The van der Waals surface area contributed by atoms with Crippen LogP contribution in [0.4, 0.5) is 0 Å². The molecule has 0 heterocycles. The molecule has 2 saturated carbocycles. The van der Waals surface area contributed by atoms with Gasteiger partial charge in [-0.3, -0.25) is 0 Å². The highest BCUT2D eigenvalue weighted by atomic mass is 14.9. The summed E-state index contributed by atoms with van der Waals surface area (Å²) in [6.45, 7) is 8.37. The normalized spacial score (nSPS) is 36.0. The van der Waals surface area contributed by atoms with E-state index < -0.39 is 0 Å². The summed E-state index contributed by atoms with van der Waals surface area (Å²) in [5, 5.41) is 3.71. The number of hydrogen-bond donors (Lipinski definition) is 1. The van der Waals surface area contributed by atoms with Crippen molar-refractivity contribution in [1.29, 1.82) is 0 Å². The van der Waals surface area contributed by atoms with Crippen LogP contribution in [-0.2, 0) is 0 Å². The van der Waals surface area contributed by atoms with Crippen molar-refractivity contribution in [3.63, 3.8) is 0 Å². The van der Waals surface area contributed by atoms with Crippen LogP contribution in [0.5, 0.6) is 0 Å². The maximum absolute atomic E-state index is 3.71. The first kappa shape index (κ1) is 9.51. The van der Waals surface area contributed by atoms with E-state index >= 15 is 0 Å². The van der Waals surface area contributed by atoms with E-state index in [1.807, 2.05) is 0 Å². The third-order valence-corrected chi connectivity index (χ3v) is 4.04. The summed E-state index contributed by atoms with van der Waals surface area (Å²) in [7, 11) is 0. The third-order valence-electron chi connectivity index (χ3n) is 4.04. The molecule has 1 N–H and O–H groups in total. The molecule has 2 rings (SSSR count). The molecule has 2 aliphatic carbocycles. The van der Waals surface area contributed by atoms with E-state index in [2.05, 4.69) is 26.1 Å². The van der Waals surface area contributed by atoms with E-state index in [9.17, 15) is 0 Å². The SMILES string of the molecule is CC(C)C1CC(NCC2(C)CC2)C1. The Kier molecular flexibility index (Phi) is 2.39. The molecule has 0 saturated heterocycles. The standard InChI is InChI=1S/C12H23N/c1-9(2)10-6-11(7-10)13-8-12(3)4-5-12/h9-11,13H,4-8H2,1-3H3. The molecule has 1 heteroatoms. The van der Waals surface area contributed by atoms with Gasteiger partial charge in [0.25, 0.3) is 0 Å². The lowest BCUT2D eigenvalue weighted by Crippen LogP contribution is -2.44. The first-order valence-corrected chi connectivity index (χ1v) is 5.82. The minimum absolute atomic E-state index is 0.683. The molecule has 0 spiro atoms. The Bertz CT molecular complexity index is 176. The summed E-state index contributed by atoms with van der Waals surface area (Å²) in [6.07, 6.45) is 5.74. The smallest absolute Gasteiger partial charge is 0.00727 e. The summed E-state index contributed by atoms with van der Waals surface area (Å²) in [5.74, 6) is 1.90. The zero-order valence-corrected chi connectivity index (χ0v) is 9.27. The first-order valence-electron chi connectivity index (χ1n) is 5.82. The molecule has 1 nitrogen and oxygen atoms in total. The zero-order valence-electron chi connectivity index (χ0n) is 9.27. The molecule has 0 unspecified atom stereocenters. The van der Waals surface area contributed by atoms with Crippen LogP contribution in [0, 0.1) is 17.3 Å². The summed E-state index contributed by atoms with van der Waals surface area (Å²) in [6, 6.07) is 0.852. The van der Waals surface area contributed by atoms with Crippen molar-refractivity contribution < 1.29 is 0 Å².